The van der Waals surface area contributed by atoms with Crippen molar-refractivity contribution in [3.8, 4) is 0 Å². The molecule has 0 saturated carbocycles. The number of sulfonamides is 1. The number of carbonyl (C=O) groups excluding carboxylic acids is 2. The lowest BCUT2D eigenvalue weighted by atomic mass is 9.96. The molecule has 4 rings (SSSR count). The minimum Gasteiger partial charge on any atom is -0.501 e. The van der Waals surface area contributed by atoms with Gasteiger partial charge < -0.3 is 20.6 Å². The molecule has 13 heteroatoms. The lowest BCUT2D eigenvalue weighted by Crippen LogP contribution is -2.67. The highest BCUT2D eigenvalue weighted by molar-refractivity contribution is 7.89. The quantitative estimate of drug-likeness (QED) is 0.576. The van der Waals surface area contributed by atoms with Crippen molar-refractivity contribution in [2.75, 3.05) is 13.6 Å². The Hall–Kier alpha value is -3.45. The second kappa shape index (κ2) is 9.21. The summed E-state index contributed by atoms with van der Waals surface area (Å²) in [5.41, 5.74) is 6.55. The van der Waals surface area contributed by atoms with E-state index in [1.54, 1.807) is 20.9 Å². The minimum absolute atomic E-state index is 0.0214. The second-order valence-corrected chi connectivity index (χ2v) is 11.0. The summed E-state index contributed by atoms with van der Waals surface area (Å²) in [6.07, 6.45) is -0.0804. The summed E-state index contributed by atoms with van der Waals surface area (Å²) in [5.74, 6) is -3.08. The third kappa shape index (κ3) is 4.11. The number of likely N-dealkylation sites (N-methyl/N-ethyl adjacent to an activating group) is 1. The van der Waals surface area contributed by atoms with E-state index in [2.05, 4.69) is 5.10 Å². The molecule has 0 spiro atoms. The molecule has 3 heterocycles. The number of aromatic nitrogens is 2. The van der Waals surface area contributed by atoms with Gasteiger partial charge in [0.1, 0.15) is 16.9 Å². The van der Waals surface area contributed by atoms with Gasteiger partial charge >= 0.3 is 0 Å². The average molecular weight is 521 g/mol. The molecular weight excluding hydrogens is 491 g/mol. The average Bonchev–Trinajstić information content (AvgIpc) is 3.08. The zero-order valence-corrected chi connectivity index (χ0v) is 21.3. The van der Waals surface area contributed by atoms with Crippen molar-refractivity contribution in [1.82, 2.24) is 23.9 Å². The van der Waals surface area contributed by atoms with Crippen LogP contribution in [0.2, 0.25) is 0 Å². The predicted octanol–water partition coefficient (Wildman–Crippen LogP) is 0.884. The van der Waals surface area contributed by atoms with E-state index in [0.717, 1.165) is 0 Å². The molecule has 0 radical (unpaired) electrons. The molecule has 2 aliphatic rings. The largest absolute Gasteiger partial charge is 0.501 e. The van der Waals surface area contributed by atoms with E-state index in [4.69, 9.17) is 5.73 Å². The number of amides is 2. The van der Waals surface area contributed by atoms with Crippen LogP contribution < -0.4 is 5.73 Å². The molecule has 36 heavy (non-hydrogen) atoms. The predicted molar refractivity (Wildman–Crippen MR) is 127 cm³/mol. The summed E-state index contributed by atoms with van der Waals surface area (Å²) in [6.45, 7) is 3.49. The Morgan fingerprint density at radius 3 is 2.47 bits per heavy atom. The van der Waals surface area contributed by atoms with Crippen molar-refractivity contribution in [2.24, 2.45) is 12.8 Å². The number of nitrogens with zero attached hydrogens (tertiary/aromatic N) is 5. The number of aryl methyl sites for hydroxylation is 2. The Balaban J connectivity index is 1.83. The summed E-state index contributed by atoms with van der Waals surface area (Å²) >= 11 is 0. The summed E-state index contributed by atoms with van der Waals surface area (Å²) in [6, 6.07) is 4.73. The molecule has 11 nitrogen and oxygen atoms in total. The number of aliphatic hydroxyl groups is 1. The molecule has 3 N–H and O–H groups in total. The van der Waals surface area contributed by atoms with E-state index in [1.165, 1.54) is 50.1 Å². The van der Waals surface area contributed by atoms with Gasteiger partial charge in [-0.2, -0.15) is 9.40 Å². The molecule has 1 aromatic heterocycles. The van der Waals surface area contributed by atoms with E-state index in [9.17, 15) is 27.5 Å². The van der Waals surface area contributed by atoms with E-state index in [-0.39, 0.29) is 18.0 Å². The number of hydrogen-bond donors (Lipinski definition) is 2. The van der Waals surface area contributed by atoms with Crippen LogP contribution in [0.4, 0.5) is 4.39 Å². The van der Waals surface area contributed by atoms with E-state index < -0.39 is 51.3 Å². The van der Waals surface area contributed by atoms with Crippen molar-refractivity contribution >= 4 is 21.8 Å². The number of fused-ring (bicyclic) bond motifs is 1. The third-order valence-electron chi connectivity index (χ3n) is 6.90. The van der Waals surface area contributed by atoms with Crippen LogP contribution in [-0.2, 0) is 33.2 Å². The Morgan fingerprint density at radius 1 is 1.28 bits per heavy atom. The van der Waals surface area contributed by atoms with Crippen LogP contribution in [-0.4, -0.2) is 75.0 Å². The maximum absolute atomic E-state index is 13.8. The fraction of sp³-hybridized carbons (Fsp3) is 0.435. The number of nitrogens with two attached hydrogens (primary N) is 1. The van der Waals surface area contributed by atoms with Crippen LogP contribution >= 0.6 is 0 Å². The Morgan fingerprint density at radius 2 is 1.92 bits per heavy atom. The topological polar surface area (TPSA) is 142 Å². The first-order chi connectivity index (χ1) is 16.9. The van der Waals surface area contributed by atoms with Crippen molar-refractivity contribution in [1.29, 1.82) is 0 Å². The number of piperidine rings is 1. The van der Waals surface area contributed by atoms with Gasteiger partial charge in [0.25, 0.3) is 11.8 Å². The zero-order chi connectivity index (χ0) is 26.5. The van der Waals surface area contributed by atoms with E-state index in [1.807, 2.05) is 0 Å². The molecular formula is C23H29FN6O5S. The first kappa shape index (κ1) is 25.6. The van der Waals surface area contributed by atoms with Gasteiger partial charge in [-0.15, -0.1) is 0 Å². The van der Waals surface area contributed by atoms with Crippen LogP contribution in [0, 0.1) is 19.7 Å². The van der Waals surface area contributed by atoms with Crippen LogP contribution in [0.25, 0.3) is 0 Å². The number of halogens is 1. The van der Waals surface area contributed by atoms with Gasteiger partial charge in [0, 0.05) is 27.2 Å². The third-order valence-corrected chi connectivity index (χ3v) is 9.04. The normalized spacial score (nSPS) is 20.8. The van der Waals surface area contributed by atoms with Gasteiger partial charge in [0.15, 0.2) is 5.70 Å². The summed E-state index contributed by atoms with van der Waals surface area (Å²) in [7, 11) is -0.977. The smallest absolute Gasteiger partial charge is 0.292 e. The lowest BCUT2D eigenvalue weighted by Gasteiger charge is -2.52. The number of benzene rings is 1. The SMILES string of the molecule is Cc1nn(C)c(C)c1S(=O)(=O)N(C)C1CCCN2C(=O)C(O)=C(C(N)=O)N(Cc3ccc(F)cc3)C12. The zero-order valence-electron chi connectivity index (χ0n) is 20.5. The summed E-state index contributed by atoms with van der Waals surface area (Å²) < 4.78 is 43.8. The van der Waals surface area contributed by atoms with Crippen molar-refractivity contribution in [3.63, 3.8) is 0 Å². The van der Waals surface area contributed by atoms with Crippen LogP contribution in [0.3, 0.4) is 0 Å². The number of primary amides is 1. The molecule has 2 aliphatic heterocycles. The minimum atomic E-state index is -4.06. The summed E-state index contributed by atoms with van der Waals surface area (Å²) in [4.78, 5) is 28.4. The molecule has 0 aliphatic carbocycles. The highest BCUT2D eigenvalue weighted by Crippen LogP contribution is 2.36. The van der Waals surface area contributed by atoms with Gasteiger partial charge in [-0.25, -0.2) is 12.8 Å². The highest BCUT2D eigenvalue weighted by Gasteiger charge is 2.50. The fourth-order valence-corrected chi connectivity index (χ4v) is 6.88. The Labute approximate surface area is 208 Å². The maximum atomic E-state index is 13.8. The molecule has 0 bridgehead atoms. The second-order valence-electron chi connectivity index (χ2n) is 9.08. The molecule has 1 aromatic carbocycles. The molecule has 2 amide bonds. The standard InChI is InChI=1S/C23H29FN6O5S/c1-13-20(14(2)27(3)26-13)36(34,35)28(4)17-6-5-11-29-22(17)30(12-15-7-9-16(24)10-8-15)18(21(25)32)19(31)23(29)33/h7-10,17,22,31H,5-6,11-12H2,1-4H3,(H2,25,32). The van der Waals surface area contributed by atoms with E-state index in [0.29, 0.717) is 29.8 Å². The molecule has 2 atom stereocenters. The lowest BCUT2D eigenvalue weighted by molar-refractivity contribution is -0.147. The van der Waals surface area contributed by atoms with Crippen molar-refractivity contribution < 1.29 is 27.5 Å². The number of rotatable bonds is 6. The number of aliphatic hydroxyl groups excluding tert-OH is 1. The van der Waals surface area contributed by atoms with E-state index >= 15 is 0 Å². The molecule has 194 valence electrons. The van der Waals surface area contributed by atoms with Gasteiger partial charge in [0.2, 0.25) is 15.8 Å². The number of carbonyl (C=O) groups is 2. The first-order valence-electron chi connectivity index (χ1n) is 11.4. The maximum Gasteiger partial charge on any atom is 0.292 e. The highest BCUT2D eigenvalue weighted by atomic mass is 32.2. The van der Waals surface area contributed by atoms with Gasteiger partial charge in [-0.05, 0) is 44.4 Å². The van der Waals surface area contributed by atoms with Crippen molar-refractivity contribution in [2.45, 2.75) is 50.3 Å². The molecule has 1 fully saturated rings. The summed E-state index contributed by atoms with van der Waals surface area (Å²) in [5, 5.41) is 14.8. The van der Waals surface area contributed by atoms with Crippen LogP contribution in [0.1, 0.15) is 29.8 Å². The fourth-order valence-electron chi connectivity index (χ4n) is 5.10. The van der Waals surface area contributed by atoms with Gasteiger partial charge in [-0.3, -0.25) is 14.3 Å². The molecule has 2 aromatic rings. The number of hydrogen-bond acceptors (Lipinski definition) is 7. The monoisotopic (exact) mass is 520 g/mol. The molecule has 1 saturated heterocycles. The van der Waals surface area contributed by atoms with Gasteiger partial charge in [0.05, 0.1) is 17.4 Å². The Kier molecular flexibility index (Phi) is 6.56. The Bertz CT molecular complexity index is 1350. The van der Waals surface area contributed by atoms with Crippen LogP contribution in [0.5, 0.6) is 0 Å². The molecule has 2 unspecified atom stereocenters. The van der Waals surface area contributed by atoms with Gasteiger partial charge in [-0.1, -0.05) is 12.1 Å². The first-order valence-corrected chi connectivity index (χ1v) is 12.8. The van der Waals surface area contributed by atoms with Crippen molar-refractivity contribution in [3.05, 3.63) is 58.5 Å². The van der Waals surface area contributed by atoms with Crippen LogP contribution in [0.15, 0.2) is 40.6 Å².